The van der Waals surface area contributed by atoms with Crippen LogP contribution in [-0.4, -0.2) is 58.8 Å². The van der Waals surface area contributed by atoms with Crippen LogP contribution in [0.2, 0.25) is 0 Å². The quantitative estimate of drug-likeness (QED) is 0.597. The van der Waals surface area contributed by atoms with E-state index < -0.39 is 11.7 Å². The molecule has 1 aromatic heterocycles. The predicted molar refractivity (Wildman–Crippen MR) is 120 cm³/mol. The van der Waals surface area contributed by atoms with Gasteiger partial charge in [-0.1, -0.05) is 12.8 Å². The molecule has 0 radical (unpaired) electrons. The molecule has 0 unspecified atom stereocenters. The number of hydrogen-bond donors (Lipinski definition) is 0. The number of hydrogen-bond acceptors (Lipinski definition) is 3. The van der Waals surface area contributed by atoms with Gasteiger partial charge in [0.2, 0.25) is 0 Å². The lowest BCUT2D eigenvalue weighted by Crippen LogP contribution is -2.49. The third kappa shape index (κ3) is 5.00. The number of Topliss-reactive ketones (excluding diaryl/α,β-unsaturated/α-hetero) is 1. The Bertz CT molecular complexity index is 1010. The molecule has 0 spiro atoms. The maximum atomic E-state index is 13.0. The largest absolute Gasteiger partial charge is 0.416 e. The van der Waals surface area contributed by atoms with Gasteiger partial charge < -0.3 is 9.47 Å². The van der Waals surface area contributed by atoms with Crippen molar-refractivity contribution in [3.8, 4) is 0 Å². The molecule has 1 amide bonds. The topological polar surface area (TPSA) is 45.6 Å². The Kier molecular flexibility index (Phi) is 6.66. The highest BCUT2D eigenvalue weighted by atomic mass is 19.4. The second-order valence-electron chi connectivity index (χ2n) is 9.16. The number of nitrogens with zero attached hydrogens (tertiary/aromatic N) is 3. The van der Waals surface area contributed by atoms with Gasteiger partial charge >= 0.3 is 6.18 Å². The van der Waals surface area contributed by atoms with Gasteiger partial charge in [0.15, 0.2) is 5.78 Å². The predicted octanol–water partition coefficient (Wildman–Crippen LogP) is 4.88. The summed E-state index contributed by atoms with van der Waals surface area (Å²) in [7, 11) is 0. The summed E-state index contributed by atoms with van der Waals surface area (Å²) in [4.78, 5) is 29.4. The van der Waals surface area contributed by atoms with Crippen LogP contribution in [0.25, 0.3) is 0 Å². The minimum absolute atomic E-state index is 0.0925. The standard InChI is InChI=1S/C25H30F3N3O2/c1-17-15-22(18(2)31(17)21-5-3-4-6-21)23(32)16-29-11-13-30(14-12-29)24(33)19-7-9-20(10-8-19)25(26,27)28/h7-10,15,21H,3-6,11-14,16H2,1-2H3. The van der Waals surface area contributed by atoms with Gasteiger partial charge in [-0.25, -0.2) is 0 Å². The number of aromatic nitrogens is 1. The number of alkyl halides is 3. The van der Waals surface area contributed by atoms with Crippen LogP contribution in [0.5, 0.6) is 0 Å². The minimum atomic E-state index is -4.42. The van der Waals surface area contributed by atoms with Crippen molar-refractivity contribution >= 4 is 11.7 Å². The van der Waals surface area contributed by atoms with Crippen molar-refractivity contribution < 1.29 is 22.8 Å². The van der Waals surface area contributed by atoms with E-state index in [1.54, 1.807) is 4.90 Å². The van der Waals surface area contributed by atoms with Crippen molar-refractivity contribution in [2.75, 3.05) is 32.7 Å². The summed E-state index contributed by atoms with van der Waals surface area (Å²) in [6.45, 7) is 6.38. The van der Waals surface area contributed by atoms with Gasteiger partial charge in [0.25, 0.3) is 5.91 Å². The molecule has 0 atom stereocenters. The molecule has 33 heavy (non-hydrogen) atoms. The van der Waals surface area contributed by atoms with Crippen molar-refractivity contribution in [3.63, 3.8) is 0 Å². The average molecular weight is 462 g/mol. The lowest BCUT2D eigenvalue weighted by Gasteiger charge is -2.34. The average Bonchev–Trinajstić information content (AvgIpc) is 3.40. The van der Waals surface area contributed by atoms with Gasteiger partial charge in [-0.15, -0.1) is 0 Å². The molecule has 1 saturated carbocycles. The molecule has 0 bridgehead atoms. The van der Waals surface area contributed by atoms with Gasteiger partial charge in [-0.2, -0.15) is 13.2 Å². The molecule has 2 fully saturated rings. The number of halogens is 3. The first-order valence-electron chi connectivity index (χ1n) is 11.6. The first kappa shape index (κ1) is 23.5. The van der Waals surface area contributed by atoms with Gasteiger partial charge in [-0.3, -0.25) is 14.5 Å². The van der Waals surface area contributed by atoms with Crippen LogP contribution in [0, 0.1) is 13.8 Å². The summed E-state index contributed by atoms with van der Waals surface area (Å²) in [6, 6.07) is 6.81. The molecule has 0 N–H and O–H groups in total. The van der Waals surface area contributed by atoms with E-state index in [9.17, 15) is 22.8 Å². The lowest BCUT2D eigenvalue weighted by atomic mass is 10.1. The first-order chi connectivity index (χ1) is 15.6. The summed E-state index contributed by atoms with van der Waals surface area (Å²) < 4.78 is 40.5. The molecule has 1 aliphatic heterocycles. The van der Waals surface area contributed by atoms with Crippen LogP contribution in [0.4, 0.5) is 13.2 Å². The maximum Gasteiger partial charge on any atom is 0.416 e. The molecule has 1 saturated heterocycles. The zero-order valence-electron chi connectivity index (χ0n) is 19.1. The number of aryl methyl sites for hydroxylation is 1. The van der Waals surface area contributed by atoms with E-state index in [1.807, 2.05) is 17.9 Å². The number of carbonyl (C=O) groups is 2. The van der Waals surface area contributed by atoms with Crippen LogP contribution in [0.1, 0.15) is 69.4 Å². The molecule has 2 aliphatic rings. The smallest absolute Gasteiger partial charge is 0.345 e. The molecule has 2 aromatic rings. The second-order valence-corrected chi connectivity index (χ2v) is 9.16. The summed E-state index contributed by atoms with van der Waals surface area (Å²) in [6.07, 6.45) is 0.382. The highest BCUT2D eigenvalue weighted by molar-refractivity contribution is 5.99. The molecule has 5 nitrogen and oxygen atoms in total. The summed E-state index contributed by atoms with van der Waals surface area (Å²) in [5.41, 5.74) is 2.43. The summed E-state index contributed by atoms with van der Waals surface area (Å²) >= 11 is 0. The van der Waals surface area contributed by atoms with E-state index >= 15 is 0 Å². The van der Waals surface area contributed by atoms with Crippen LogP contribution in [0.3, 0.4) is 0 Å². The Morgan fingerprint density at radius 2 is 1.58 bits per heavy atom. The lowest BCUT2D eigenvalue weighted by molar-refractivity contribution is -0.137. The summed E-state index contributed by atoms with van der Waals surface area (Å²) in [5, 5.41) is 0. The summed E-state index contributed by atoms with van der Waals surface area (Å²) in [5.74, 6) is -0.190. The highest BCUT2D eigenvalue weighted by Crippen LogP contribution is 2.33. The van der Waals surface area contributed by atoms with E-state index in [4.69, 9.17) is 0 Å². The molecular weight excluding hydrogens is 431 g/mol. The fourth-order valence-electron chi connectivity index (χ4n) is 5.17. The number of benzene rings is 1. The van der Waals surface area contributed by atoms with E-state index in [-0.39, 0.29) is 17.3 Å². The van der Waals surface area contributed by atoms with Crippen molar-refractivity contribution in [2.24, 2.45) is 0 Å². The Morgan fingerprint density at radius 3 is 2.15 bits per heavy atom. The molecule has 4 rings (SSSR count). The Labute approximate surface area is 192 Å². The maximum absolute atomic E-state index is 13.0. The van der Waals surface area contributed by atoms with Crippen LogP contribution >= 0.6 is 0 Å². The molecule has 1 aromatic carbocycles. The van der Waals surface area contributed by atoms with Gasteiger partial charge in [0.1, 0.15) is 0 Å². The zero-order chi connectivity index (χ0) is 23.8. The van der Waals surface area contributed by atoms with Crippen LogP contribution < -0.4 is 0 Å². The second kappa shape index (κ2) is 9.33. The van der Waals surface area contributed by atoms with Gasteiger partial charge in [0.05, 0.1) is 12.1 Å². The number of rotatable bonds is 5. The fraction of sp³-hybridized carbons (Fsp3) is 0.520. The Hall–Kier alpha value is -2.61. The van der Waals surface area contributed by atoms with Crippen LogP contribution in [-0.2, 0) is 6.18 Å². The minimum Gasteiger partial charge on any atom is -0.345 e. The Morgan fingerprint density at radius 1 is 0.970 bits per heavy atom. The number of carbonyl (C=O) groups excluding carboxylic acids is 2. The SMILES string of the molecule is Cc1cc(C(=O)CN2CCN(C(=O)c3ccc(C(F)(F)F)cc3)CC2)c(C)n1C1CCCC1. The number of amides is 1. The Balaban J connectivity index is 1.33. The highest BCUT2D eigenvalue weighted by Gasteiger charge is 2.31. The first-order valence-corrected chi connectivity index (χ1v) is 11.6. The number of ketones is 1. The number of piperazine rings is 1. The van der Waals surface area contributed by atoms with E-state index in [0.717, 1.165) is 29.1 Å². The monoisotopic (exact) mass is 461 g/mol. The molecule has 2 heterocycles. The van der Waals surface area contributed by atoms with Crippen molar-refractivity contribution in [2.45, 2.75) is 51.7 Å². The van der Waals surface area contributed by atoms with Crippen molar-refractivity contribution in [1.29, 1.82) is 0 Å². The van der Waals surface area contributed by atoms with Gasteiger partial charge in [0, 0.05) is 54.7 Å². The van der Waals surface area contributed by atoms with E-state index in [2.05, 4.69) is 11.5 Å². The third-order valence-corrected chi connectivity index (χ3v) is 6.96. The normalized spacial score (nSPS) is 18.2. The van der Waals surface area contributed by atoms with Crippen molar-refractivity contribution in [1.82, 2.24) is 14.4 Å². The molecule has 178 valence electrons. The molecule has 1 aliphatic carbocycles. The van der Waals surface area contributed by atoms with Crippen LogP contribution in [0.15, 0.2) is 30.3 Å². The van der Waals surface area contributed by atoms with E-state index in [1.165, 1.54) is 37.8 Å². The third-order valence-electron chi connectivity index (χ3n) is 6.96. The van der Waals surface area contributed by atoms with Gasteiger partial charge in [-0.05, 0) is 57.0 Å². The van der Waals surface area contributed by atoms with Crippen molar-refractivity contribution in [3.05, 3.63) is 58.4 Å². The zero-order valence-corrected chi connectivity index (χ0v) is 19.1. The fourth-order valence-corrected chi connectivity index (χ4v) is 5.17. The van der Waals surface area contributed by atoms with E-state index in [0.29, 0.717) is 38.8 Å². The molecular formula is C25H30F3N3O2. The molecule has 8 heteroatoms.